The van der Waals surface area contributed by atoms with Crippen LogP contribution in [0.3, 0.4) is 0 Å². The molecule has 2 rings (SSSR count). The van der Waals surface area contributed by atoms with Gasteiger partial charge >= 0.3 is 5.97 Å². The van der Waals surface area contributed by atoms with Crippen LogP contribution in [0.4, 0.5) is 5.69 Å². The number of aromatic hydroxyl groups is 1. The molecule has 2 N–H and O–H groups in total. The van der Waals surface area contributed by atoms with Gasteiger partial charge in [-0.25, -0.2) is 0 Å². The number of phenols is 1. The highest BCUT2D eigenvalue weighted by Crippen LogP contribution is 2.39. The second-order valence-electron chi connectivity index (χ2n) is 4.00. The fourth-order valence-electron chi connectivity index (χ4n) is 1.86. The number of aliphatic carboxylic acids is 1. The van der Waals surface area contributed by atoms with E-state index in [9.17, 15) is 14.7 Å². The van der Waals surface area contributed by atoms with Gasteiger partial charge in [-0.05, 0) is 12.1 Å². The number of rotatable bonds is 2. The van der Waals surface area contributed by atoms with Gasteiger partial charge in [0, 0.05) is 18.0 Å². The maximum absolute atomic E-state index is 11.7. The van der Waals surface area contributed by atoms with E-state index in [-0.39, 0.29) is 40.4 Å². The van der Waals surface area contributed by atoms with E-state index in [1.165, 1.54) is 17.0 Å². The first-order chi connectivity index (χ1) is 8.40. The van der Waals surface area contributed by atoms with Gasteiger partial charge in [0.05, 0.1) is 16.6 Å². The Morgan fingerprint density at radius 3 is 2.61 bits per heavy atom. The van der Waals surface area contributed by atoms with Gasteiger partial charge < -0.3 is 15.1 Å². The zero-order chi connectivity index (χ0) is 13.4. The van der Waals surface area contributed by atoms with Gasteiger partial charge in [-0.2, -0.15) is 0 Å². The maximum atomic E-state index is 11.7. The van der Waals surface area contributed by atoms with Crippen molar-refractivity contribution in [1.29, 1.82) is 0 Å². The summed E-state index contributed by atoms with van der Waals surface area (Å²) in [6, 6.07) is 2.72. The number of halogens is 2. The summed E-state index contributed by atoms with van der Waals surface area (Å²) in [5, 5.41) is 19.0. The summed E-state index contributed by atoms with van der Waals surface area (Å²) in [4.78, 5) is 23.8. The van der Waals surface area contributed by atoms with Gasteiger partial charge in [0.2, 0.25) is 5.91 Å². The zero-order valence-electron chi connectivity index (χ0n) is 9.06. The highest BCUT2D eigenvalue weighted by Gasteiger charge is 2.36. The zero-order valence-corrected chi connectivity index (χ0v) is 10.6. The monoisotopic (exact) mass is 289 g/mol. The van der Waals surface area contributed by atoms with Crippen molar-refractivity contribution in [2.45, 2.75) is 6.42 Å². The fourth-order valence-corrected chi connectivity index (χ4v) is 2.35. The molecule has 1 aromatic rings. The number of carboxylic acids is 1. The Kier molecular flexibility index (Phi) is 3.36. The summed E-state index contributed by atoms with van der Waals surface area (Å²) in [6.07, 6.45) is -0.0983. The van der Waals surface area contributed by atoms with Crippen LogP contribution >= 0.6 is 23.2 Å². The molecule has 1 atom stereocenters. The smallest absolute Gasteiger partial charge is 0.308 e. The van der Waals surface area contributed by atoms with Crippen LogP contribution in [0.25, 0.3) is 0 Å². The first-order valence-electron chi connectivity index (χ1n) is 5.11. The Morgan fingerprint density at radius 1 is 1.39 bits per heavy atom. The molecular formula is C11H9Cl2NO4. The molecule has 0 aromatic heterocycles. The second kappa shape index (κ2) is 4.66. The van der Waals surface area contributed by atoms with Crippen molar-refractivity contribution in [1.82, 2.24) is 0 Å². The molecule has 18 heavy (non-hydrogen) atoms. The van der Waals surface area contributed by atoms with E-state index in [1.807, 2.05) is 0 Å². The van der Waals surface area contributed by atoms with E-state index < -0.39 is 11.9 Å². The van der Waals surface area contributed by atoms with Crippen LogP contribution in [-0.2, 0) is 9.59 Å². The molecule has 0 bridgehead atoms. The van der Waals surface area contributed by atoms with Crippen LogP contribution in [-0.4, -0.2) is 28.6 Å². The summed E-state index contributed by atoms with van der Waals surface area (Å²) in [5.74, 6) is -2.48. The third-order valence-corrected chi connectivity index (χ3v) is 3.28. The molecule has 0 spiro atoms. The van der Waals surface area contributed by atoms with Crippen molar-refractivity contribution < 1.29 is 19.8 Å². The number of amides is 1. The van der Waals surface area contributed by atoms with Gasteiger partial charge in [0.25, 0.3) is 0 Å². The van der Waals surface area contributed by atoms with Crippen LogP contribution in [0, 0.1) is 5.92 Å². The molecule has 1 saturated heterocycles. The minimum Gasteiger partial charge on any atom is -0.504 e. The standard InChI is InChI=1S/C11H9Cl2NO4/c12-6-2-7(13)10(16)8(3-6)14-4-5(11(17)18)1-9(14)15/h2-3,5,16H,1,4H2,(H,17,18). The molecule has 1 amide bonds. The number of hydrogen-bond donors (Lipinski definition) is 2. The molecule has 1 fully saturated rings. The SMILES string of the molecule is O=C(O)C1CC(=O)N(c2cc(Cl)cc(Cl)c2O)C1. The van der Waals surface area contributed by atoms with Crippen LogP contribution in [0.1, 0.15) is 6.42 Å². The van der Waals surface area contributed by atoms with Gasteiger partial charge in [-0.15, -0.1) is 0 Å². The van der Waals surface area contributed by atoms with Crippen LogP contribution in [0.15, 0.2) is 12.1 Å². The molecule has 0 radical (unpaired) electrons. The number of phenolic OH excluding ortho intramolecular Hbond substituents is 1. The van der Waals surface area contributed by atoms with Gasteiger partial charge in [0.1, 0.15) is 0 Å². The molecule has 1 aliphatic heterocycles. The fraction of sp³-hybridized carbons (Fsp3) is 0.273. The second-order valence-corrected chi connectivity index (χ2v) is 4.84. The average Bonchev–Trinajstić information content (AvgIpc) is 2.66. The number of benzene rings is 1. The molecule has 96 valence electrons. The topological polar surface area (TPSA) is 77.8 Å². The third-order valence-electron chi connectivity index (χ3n) is 2.77. The summed E-state index contributed by atoms with van der Waals surface area (Å²) in [6.45, 7) is -0.00159. The molecule has 0 saturated carbocycles. The summed E-state index contributed by atoms with van der Waals surface area (Å²) >= 11 is 11.6. The number of hydrogen-bond acceptors (Lipinski definition) is 3. The predicted molar refractivity (Wildman–Crippen MR) is 66.2 cm³/mol. The highest BCUT2D eigenvalue weighted by molar-refractivity contribution is 6.36. The van der Waals surface area contributed by atoms with E-state index >= 15 is 0 Å². The van der Waals surface area contributed by atoms with Crippen molar-refractivity contribution in [3.8, 4) is 5.75 Å². The average molecular weight is 290 g/mol. The highest BCUT2D eigenvalue weighted by atomic mass is 35.5. The lowest BCUT2D eigenvalue weighted by molar-refractivity contribution is -0.141. The Hall–Kier alpha value is -1.46. The minimum absolute atomic E-state index is 0.00159. The Labute approximate surface area is 113 Å². The molecule has 7 heteroatoms. The van der Waals surface area contributed by atoms with E-state index in [0.29, 0.717) is 0 Å². The number of carbonyl (C=O) groups excluding carboxylic acids is 1. The van der Waals surface area contributed by atoms with E-state index in [4.69, 9.17) is 28.3 Å². The molecule has 5 nitrogen and oxygen atoms in total. The lowest BCUT2D eigenvalue weighted by Crippen LogP contribution is -2.25. The normalized spacial score (nSPS) is 19.3. The molecule has 1 aromatic carbocycles. The number of carboxylic acid groups (broad SMARTS) is 1. The van der Waals surface area contributed by atoms with Crippen LogP contribution in [0.2, 0.25) is 10.0 Å². The number of nitrogens with zero attached hydrogens (tertiary/aromatic N) is 1. The van der Waals surface area contributed by atoms with Crippen molar-refractivity contribution in [2.24, 2.45) is 5.92 Å². The van der Waals surface area contributed by atoms with E-state index in [2.05, 4.69) is 0 Å². The first kappa shape index (κ1) is 13.0. The van der Waals surface area contributed by atoms with Crippen molar-refractivity contribution in [3.05, 3.63) is 22.2 Å². The summed E-state index contributed by atoms with van der Waals surface area (Å²) < 4.78 is 0. The minimum atomic E-state index is -1.04. The lowest BCUT2D eigenvalue weighted by Gasteiger charge is -2.18. The van der Waals surface area contributed by atoms with Crippen LogP contribution < -0.4 is 4.90 Å². The Bertz CT molecular complexity index is 532. The quantitative estimate of drug-likeness (QED) is 0.874. The summed E-state index contributed by atoms with van der Waals surface area (Å²) in [7, 11) is 0. The number of anilines is 1. The predicted octanol–water partition coefficient (Wildman–Crippen LogP) is 2.14. The molecular weight excluding hydrogens is 281 g/mol. The van der Waals surface area contributed by atoms with Crippen molar-refractivity contribution in [3.63, 3.8) is 0 Å². The van der Waals surface area contributed by atoms with E-state index in [0.717, 1.165) is 0 Å². The van der Waals surface area contributed by atoms with Crippen molar-refractivity contribution in [2.75, 3.05) is 11.4 Å². The molecule has 1 heterocycles. The summed E-state index contributed by atoms with van der Waals surface area (Å²) in [5.41, 5.74) is 0.140. The largest absolute Gasteiger partial charge is 0.504 e. The van der Waals surface area contributed by atoms with Gasteiger partial charge in [-0.3, -0.25) is 9.59 Å². The molecule has 0 aliphatic carbocycles. The first-order valence-corrected chi connectivity index (χ1v) is 5.87. The van der Waals surface area contributed by atoms with Crippen LogP contribution in [0.5, 0.6) is 5.75 Å². The van der Waals surface area contributed by atoms with Gasteiger partial charge in [-0.1, -0.05) is 23.2 Å². The Balaban J connectivity index is 2.38. The lowest BCUT2D eigenvalue weighted by atomic mass is 10.1. The van der Waals surface area contributed by atoms with Crippen molar-refractivity contribution >= 4 is 40.8 Å². The molecule has 1 unspecified atom stereocenters. The Morgan fingerprint density at radius 2 is 2.06 bits per heavy atom. The maximum Gasteiger partial charge on any atom is 0.308 e. The van der Waals surface area contributed by atoms with E-state index in [1.54, 1.807) is 0 Å². The molecule has 1 aliphatic rings. The third kappa shape index (κ3) is 2.23. The van der Waals surface area contributed by atoms with Gasteiger partial charge in [0.15, 0.2) is 5.75 Å². The number of carbonyl (C=O) groups is 2.